The molecule has 484 valence electrons. The molecule has 0 saturated carbocycles. The van der Waals surface area contributed by atoms with Crippen molar-refractivity contribution in [1.82, 2.24) is 19.9 Å². The summed E-state index contributed by atoms with van der Waals surface area (Å²) in [5.74, 6) is -1.56. The minimum atomic E-state index is -0.825. The summed E-state index contributed by atoms with van der Waals surface area (Å²) in [6, 6.07) is 40.8. The largest absolute Gasteiger partial charge is 0.372 e. The van der Waals surface area contributed by atoms with Gasteiger partial charge in [0.15, 0.2) is 0 Å². The number of carbonyl (C=O) groups is 4. The lowest BCUT2D eigenvalue weighted by Gasteiger charge is -2.26. The molecule has 8 aromatic rings. The minimum absolute atomic E-state index is 0.265. The lowest BCUT2D eigenvalue weighted by atomic mass is 9.78. The van der Waals surface area contributed by atoms with Gasteiger partial charge in [-0.1, -0.05) is 132 Å². The van der Waals surface area contributed by atoms with E-state index in [9.17, 15) is 19.2 Å². The second-order valence-electron chi connectivity index (χ2n) is 28.2. The van der Waals surface area contributed by atoms with Gasteiger partial charge in [0, 0.05) is 106 Å². The molecule has 92 heavy (non-hydrogen) atoms. The van der Waals surface area contributed by atoms with Crippen molar-refractivity contribution < 1.29 is 38.1 Å². The lowest BCUT2D eigenvalue weighted by Crippen LogP contribution is -2.29. The van der Waals surface area contributed by atoms with Gasteiger partial charge < -0.3 is 60.2 Å². The smallest absolute Gasteiger partial charge is 0.253 e. The van der Waals surface area contributed by atoms with Gasteiger partial charge in [-0.25, -0.2) is 0 Å². The zero-order valence-electron chi connectivity index (χ0n) is 57.1. The number of aromatic nitrogens is 4. The molecule has 9 rings (SSSR count). The number of carbonyl (C=O) groups excluding carboxylic acids is 4. The highest BCUT2D eigenvalue weighted by Crippen LogP contribution is 2.40. The maximum absolute atomic E-state index is 14.2. The van der Waals surface area contributed by atoms with E-state index in [2.05, 4.69) is 185 Å². The monoisotopic (exact) mass is 1240 g/mol. The van der Waals surface area contributed by atoms with E-state index in [-0.39, 0.29) is 21.7 Å². The number of anilines is 4. The molecule has 16 nitrogen and oxygen atoms in total. The van der Waals surface area contributed by atoms with E-state index in [1.165, 1.54) is 28.4 Å². The molecule has 0 saturated heterocycles. The molecule has 0 spiro atoms. The second-order valence-corrected chi connectivity index (χ2v) is 28.2. The first kappa shape index (κ1) is 67.6. The summed E-state index contributed by atoms with van der Waals surface area (Å²) in [6.45, 7) is 33.3. The standard InChI is InChI=1S/C76H92N8O8/c1-41(89-17)69(85)81-51-23-21-24-52(82-70(86)42(2)90-18)65(51)67-59-31-27-55(77-59)63(45-35-47(73(5,6)7)39-48(36-45)74(8,9)10)57-29-33-61(79-57)68(66-53(83-71(87)43(3)91-19)25-22-26-54(66)84-72(88)44(4)92-20)62-34-30-58(80-62)64(56-28-32-60(67)78-56)46-37-49(75(11,12)13)40-50(38-46)76(14,15)16/h21-44,77-80H,1-20H3,(H,81,85)(H,82,86)(H,83,87)(H,84,88)/t41-,42-,43-,44-/m1/s1. The molecular weight excluding hydrogens is 1150 g/mol. The molecule has 4 amide bonds. The van der Waals surface area contributed by atoms with Crippen molar-refractivity contribution in [2.45, 2.75) is 157 Å². The summed E-state index contributed by atoms with van der Waals surface area (Å²) >= 11 is 0. The van der Waals surface area contributed by atoms with Crippen molar-refractivity contribution in [2.75, 3.05) is 49.7 Å². The molecule has 0 radical (unpaired) electrons. The number of H-pyrrole nitrogens is 4. The van der Waals surface area contributed by atoms with Crippen LogP contribution >= 0.6 is 0 Å². The van der Waals surface area contributed by atoms with Crippen LogP contribution in [0, 0.1) is 0 Å². The molecule has 0 aliphatic carbocycles. The van der Waals surface area contributed by atoms with Gasteiger partial charge >= 0.3 is 0 Å². The van der Waals surface area contributed by atoms with Crippen molar-refractivity contribution in [3.8, 4) is 0 Å². The van der Waals surface area contributed by atoms with Gasteiger partial charge in [0.05, 0.1) is 22.7 Å². The Morgan fingerprint density at radius 1 is 0.326 bits per heavy atom. The first-order valence-corrected chi connectivity index (χ1v) is 31.5. The molecule has 16 heteroatoms. The van der Waals surface area contributed by atoms with E-state index in [1.54, 1.807) is 39.8 Å². The van der Waals surface area contributed by atoms with Crippen LogP contribution in [0.15, 0.2) is 121 Å². The Hall–Kier alpha value is -8.80. The Labute approximate surface area is 540 Å². The SMILES string of the molecule is CO[C@H](C)C(=O)Nc1cccc(NC(=O)[C@@H](C)OC)c1C1=c2ccc([nH]2)=C(c2cc(C(C)(C)C)cc(C(C)(C)C)c2)c2ccc([nH]2)C(c2c(NC(=O)[C@@H](C)OC)cccc2NC(=O)[C@@H](C)OC)=c2ccc([nH]2)=C(c2cc(C(C)(C)C)cc(C(C)(C)C)c2)c2ccc1[nH]2. The van der Waals surface area contributed by atoms with Gasteiger partial charge in [0.1, 0.15) is 24.4 Å². The number of methoxy groups -OCH3 is 4. The Morgan fingerprint density at radius 2 is 0.554 bits per heavy atom. The third kappa shape index (κ3) is 14.3. The number of ether oxygens (including phenoxy) is 4. The quantitative estimate of drug-likeness (QED) is 0.0464. The van der Waals surface area contributed by atoms with Crippen LogP contribution in [0.4, 0.5) is 22.7 Å². The van der Waals surface area contributed by atoms with Crippen molar-refractivity contribution in [3.63, 3.8) is 0 Å². The zero-order valence-corrected chi connectivity index (χ0v) is 57.1. The molecule has 0 unspecified atom stereocenters. The van der Waals surface area contributed by atoms with Crippen LogP contribution in [0.5, 0.6) is 0 Å². The van der Waals surface area contributed by atoms with Crippen molar-refractivity contribution in [1.29, 1.82) is 0 Å². The highest BCUT2D eigenvalue weighted by Gasteiger charge is 2.30. The fraction of sp³-hybridized carbons (Fsp3) is 0.368. The van der Waals surface area contributed by atoms with Crippen LogP contribution in [0.3, 0.4) is 0 Å². The van der Waals surface area contributed by atoms with Crippen LogP contribution in [-0.4, -0.2) is 96.4 Å². The summed E-state index contributed by atoms with van der Waals surface area (Å²) < 4.78 is 22.3. The molecule has 4 aromatic carbocycles. The molecular formula is C76H92N8O8. The number of aromatic amines is 4. The van der Waals surface area contributed by atoms with Gasteiger partial charge in [-0.3, -0.25) is 19.2 Å². The van der Waals surface area contributed by atoms with Gasteiger partial charge in [-0.05, 0) is 156 Å². The van der Waals surface area contributed by atoms with Crippen molar-refractivity contribution >= 4 is 68.7 Å². The lowest BCUT2D eigenvalue weighted by molar-refractivity contribution is -0.125. The van der Waals surface area contributed by atoms with E-state index >= 15 is 0 Å². The van der Waals surface area contributed by atoms with Crippen molar-refractivity contribution in [2.24, 2.45) is 0 Å². The number of benzene rings is 4. The number of amides is 4. The van der Waals surface area contributed by atoms with E-state index in [4.69, 9.17) is 18.9 Å². The summed E-state index contributed by atoms with van der Waals surface area (Å²) in [5.41, 5.74) is 13.7. The van der Waals surface area contributed by atoms with E-state index < -0.39 is 48.0 Å². The average Bonchev–Trinajstić information content (AvgIpc) is 1.55. The van der Waals surface area contributed by atoms with E-state index in [0.717, 1.165) is 66.6 Å². The molecule has 5 heterocycles. The predicted octanol–water partition coefficient (Wildman–Crippen LogP) is 11.4. The first-order valence-electron chi connectivity index (χ1n) is 31.5. The normalized spacial score (nSPS) is 14.4. The van der Waals surface area contributed by atoms with Crippen LogP contribution in [-0.2, 0) is 59.8 Å². The summed E-state index contributed by atoms with van der Waals surface area (Å²) in [6.07, 6.45) is -3.30. The van der Waals surface area contributed by atoms with Crippen LogP contribution < -0.4 is 42.7 Å². The van der Waals surface area contributed by atoms with Gasteiger partial charge in [-0.2, -0.15) is 0 Å². The van der Waals surface area contributed by atoms with Gasteiger partial charge in [-0.15, -0.1) is 0 Å². The minimum Gasteiger partial charge on any atom is -0.372 e. The Kier molecular flexibility index (Phi) is 19.4. The third-order valence-electron chi connectivity index (χ3n) is 17.4. The van der Waals surface area contributed by atoms with E-state index in [1.807, 2.05) is 48.5 Å². The van der Waals surface area contributed by atoms with Gasteiger partial charge in [0.2, 0.25) is 0 Å². The summed E-state index contributed by atoms with van der Waals surface area (Å²) in [7, 11) is 5.95. The van der Waals surface area contributed by atoms with Crippen LogP contribution in [0.2, 0.25) is 0 Å². The Balaban J connectivity index is 1.54. The Bertz CT molecular complexity index is 3960. The number of rotatable bonds is 16. The zero-order chi connectivity index (χ0) is 67.1. The highest BCUT2D eigenvalue weighted by atomic mass is 16.5. The molecule has 1 aliphatic heterocycles. The van der Waals surface area contributed by atoms with Crippen LogP contribution in [0.25, 0.3) is 22.3 Å². The number of hydrogen-bond acceptors (Lipinski definition) is 8. The molecule has 1 aliphatic rings. The number of fused-ring (bicyclic) bond motifs is 8. The number of nitrogens with one attached hydrogen (secondary N) is 8. The second kappa shape index (κ2) is 26.4. The molecule has 0 fully saturated rings. The van der Waals surface area contributed by atoms with E-state index in [0.29, 0.717) is 67.1 Å². The molecule has 4 aromatic heterocycles. The topological polar surface area (TPSA) is 216 Å². The molecule has 8 N–H and O–H groups in total. The fourth-order valence-corrected chi connectivity index (χ4v) is 11.2. The molecule has 8 bridgehead atoms. The van der Waals surface area contributed by atoms with Crippen molar-refractivity contribution in [3.05, 3.63) is 210 Å². The third-order valence-corrected chi connectivity index (χ3v) is 17.4. The first-order chi connectivity index (χ1) is 43.2. The van der Waals surface area contributed by atoms with Crippen LogP contribution in [0.1, 0.15) is 178 Å². The summed E-state index contributed by atoms with van der Waals surface area (Å²) in [4.78, 5) is 72.4. The summed E-state index contributed by atoms with van der Waals surface area (Å²) in [5, 5.41) is 15.4. The average molecular weight is 1250 g/mol. The van der Waals surface area contributed by atoms with Gasteiger partial charge in [0.25, 0.3) is 23.6 Å². The molecule has 4 atom stereocenters. The Morgan fingerprint density at radius 3 is 0.783 bits per heavy atom. The fourth-order valence-electron chi connectivity index (χ4n) is 11.2. The predicted molar refractivity (Wildman–Crippen MR) is 369 cm³/mol. The number of hydrogen-bond donors (Lipinski definition) is 8. The maximum atomic E-state index is 14.2. The maximum Gasteiger partial charge on any atom is 0.253 e. The highest BCUT2D eigenvalue weighted by molar-refractivity contribution is 6.06.